The number of nitriles is 1. The van der Waals surface area contributed by atoms with Gasteiger partial charge in [-0.15, -0.1) is 0 Å². The van der Waals surface area contributed by atoms with Crippen molar-refractivity contribution in [1.82, 2.24) is 4.57 Å². The summed E-state index contributed by atoms with van der Waals surface area (Å²) >= 11 is 0. The van der Waals surface area contributed by atoms with Crippen molar-refractivity contribution in [2.75, 3.05) is 0 Å². The van der Waals surface area contributed by atoms with E-state index in [2.05, 4.69) is 11.2 Å². The van der Waals surface area contributed by atoms with E-state index in [1.54, 1.807) is 54.7 Å². The molecule has 1 aromatic heterocycles. The van der Waals surface area contributed by atoms with Gasteiger partial charge >= 0.3 is 5.97 Å². The Bertz CT molecular complexity index is 1690. The summed E-state index contributed by atoms with van der Waals surface area (Å²) < 4.78 is 1.90. The third kappa shape index (κ3) is 4.66. The molecule has 0 radical (unpaired) electrons. The highest BCUT2D eigenvalue weighted by Crippen LogP contribution is 2.27. The quantitative estimate of drug-likeness (QED) is 0.124. The molecule has 4 aromatic carbocycles. The van der Waals surface area contributed by atoms with Crippen LogP contribution in [0.25, 0.3) is 16.6 Å². The molecule has 6 heteroatoms. The molecule has 0 amide bonds. The van der Waals surface area contributed by atoms with Crippen LogP contribution >= 0.6 is 0 Å². The predicted octanol–water partition coefficient (Wildman–Crippen LogP) is 6.25. The second-order valence-corrected chi connectivity index (χ2v) is 8.42. The smallest absolute Gasteiger partial charge is 0.316 e. The average Bonchev–Trinajstić information content (AvgIpc) is 3.34. The van der Waals surface area contributed by atoms with Crippen LogP contribution < -0.4 is 0 Å². The molecule has 1 heterocycles. The molecule has 0 saturated carbocycles. The minimum Gasteiger partial charge on any atom is -0.316 e. The van der Waals surface area contributed by atoms with Crippen LogP contribution in [-0.4, -0.2) is 22.0 Å². The van der Waals surface area contributed by atoms with Crippen molar-refractivity contribution in [3.63, 3.8) is 0 Å². The molecule has 0 N–H and O–H groups in total. The van der Waals surface area contributed by atoms with E-state index in [0.717, 1.165) is 22.2 Å². The molecule has 6 nitrogen and oxygen atoms in total. The van der Waals surface area contributed by atoms with E-state index in [1.807, 2.05) is 66.1 Å². The normalized spacial score (nSPS) is 11.2. The molecule has 0 aliphatic rings. The number of fused-ring (bicyclic) bond motifs is 1. The first-order valence-electron chi connectivity index (χ1n) is 11.6. The fraction of sp³-hybridized carbons (Fsp3) is 0.0323. The zero-order valence-corrected chi connectivity index (χ0v) is 20.0. The van der Waals surface area contributed by atoms with E-state index < -0.39 is 5.97 Å². The Labute approximate surface area is 213 Å². The fourth-order valence-corrected chi connectivity index (χ4v) is 4.16. The van der Waals surface area contributed by atoms with Gasteiger partial charge in [0.15, 0.2) is 5.71 Å². The van der Waals surface area contributed by atoms with Crippen molar-refractivity contribution in [2.24, 2.45) is 5.16 Å². The molecular formula is C31H21N3O3. The van der Waals surface area contributed by atoms with E-state index in [4.69, 9.17) is 10.1 Å². The molecule has 0 saturated heterocycles. The van der Waals surface area contributed by atoms with Gasteiger partial charge in [0.25, 0.3) is 0 Å². The number of nitrogens with zero attached hydrogens (tertiary/aromatic N) is 3. The lowest BCUT2D eigenvalue weighted by molar-refractivity contribution is 0.0516. The average molecular weight is 484 g/mol. The van der Waals surface area contributed by atoms with Gasteiger partial charge < -0.3 is 9.40 Å². The fourth-order valence-electron chi connectivity index (χ4n) is 4.16. The summed E-state index contributed by atoms with van der Waals surface area (Å²) in [7, 11) is 0. The number of oxime groups is 1. The summed E-state index contributed by atoms with van der Waals surface area (Å²) in [6.07, 6.45) is 1.75. The number of benzene rings is 4. The van der Waals surface area contributed by atoms with Crippen molar-refractivity contribution in [2.45, 2.75) is 6.92 Å². The Morgan fingerprint density at radius 2 is 1.49 bits per heavy atom. The number of ketones is 1. The van der Waals surface area contributed by atoms with Crippen molar-refractivity contribution < 1.29 is 14.4 Å². The third-order valence-electron chi connectivity index (χ3n) is 6.08. The molecule has 0 fully saturated rings. The van der Waals surface area contributed by atoms with E-state index in [9.17, 15) is 9.59 Å². The highest BCUT2D eigenvalue weighted by atomic mass is 16.7. The molecule has 0 aliphatic heterocycles. The maximum atomic E-state index is 14.0. The standard InChI is InChI=1S/C31H21N3O3/c1-21-9-5-6-12-25(21)29(33-37-31(36)23-10-3-2-4-11-23)30(35)27-20-34(28-14-8-7-13-26(27)28)24-17-15-22(19-32)16-18-24/h2-18,20H,1H3/b33-29+. The topological polar surface area (TPSA) is 84.4 Å². The van der Waals surface area contributed by atoms with Gasteiger partial charge in [-0.2, -0.15) is 5.26 Å². The lowest BCUT2D eigenvalue weighted by Crippen LogP contribution is -2.18. The molecular weight excluding hydrogens is 462 g/mol. The first-order valence-corrected chi connectivity index (χ1v) is 11.6. The minimum absolute atomic E-state index is 0.0325. The van der Waals surface area contributed by atoms with Crippen LogP contribution in [0.4, 0.5) is 0 Å². The minimum atomic E-state index is -0.653. The highest BCUT2D eigenvalue weighted by Gasteiger charge is 2.24. The summed E-state index contributed by atoms with van der Waals surface area (Å²) in [4.78, 5) is 31.9. The monoisotopic (exact) mass is 483 g/mol. The van der Waals surface area contributed by atoms with E-state index in [1.165, 1.54) is 0 Å². The lowest BCUT2D eigenvalue weighted by Gasteiger charge is -2.08. The Hall–Kier alpha value is -5.28. The van der Waals surface area contributed by atoms with Gasteiger partial charge in [-0.05, 0) is 55.0 Å². The molecule has 0 aliphatic carbocycles. The lowest BCUT2D eigenvalue weighted by atomic mass is 9.97. The Balaban J connectivity index is 1.61. The van der Waals surface area contributed by atoms with E-state index >= 15 is 0 Å². The first-order chi connectivity index (χ1) is 18.1. The number of carbonyl (C=O) groups excluding carboxylic acids is 2. The number of hydrogen-bond acceptors (Lipinski definition) is 5. The number of aromatic nitrogens is 1. The molecule has 0 atom stereocenters. The van der Waals surface area contributed by atoms with Crippen LogP contribution in [0.2, 0.25) is 0 Å². The number of hydrogen-bond donors (Lipinski definition) is 0. The van der Waals surface area contributed by atoms with Crippen molar-refractivity contribution >= 4 is 28.4 Å². The van der Waals surface area contributed by atoms with Crippen molar-refractivity contribution in [3.8, 4) is 11.8 Å². The van der Waals surface area contributed by atoms with Gasteiger partial charge in [0.05, 0.1) is 28.3 Å². The van der Waals surface area contributed by atoms with Crippen LogP contribution in [0.15, 0.2) is 114 Å². The number of rotatable bonds is 6. The molecule has 0 unspecified atom stereocenters. The summed E-state index contributed by atoms with van der Waals surface area (Å²) in [6.45, 7) is 1.87. The molecule has 5 aromatic rings. The van der Waals surface area contributed by atoms with Crippen molar-refractivity contribution in [3.05, 3.63) is 137 Å². The summed E-state index contributed by atoms with van der Waals surface area (Å²) in [6, 6.07) is 32.6. The SMILES string of the molecule is Cc1ccccc1/C(=N\OC(=O)c1ccccc1)C(=O)c1cn(-c2ccc(C#N)cc2)c2ccccc12. The van der Waals surface area contributed by atoms with Crippen LogP contribution in [0, 0.1) is 18.3 Å². The number of para-hydroxylation sites is 1. The second-order valence-electron chi connectivity index (χ2n) is 8.42. The molecule has 178 valence electrons. The Kier molecular flexibility index (Phi) is 6.43. The summed E-state index contributed by atoms with van der Waals surface area (Å²) in [5.41, 5.74) is 4.35. The molecule has 0 spiro atoms. The first kappa shape index (κ1) is 23.5. The Morgan fingerprint density at radius 3 is 2.22 bits per heavy atom. The van der Waals surface area contributed by atoms with Crippen LogP contribution in [0.1, 0.15) is 37.4 Å². The maximum absolute atomic E-state index is 14.0. The largest absolute Gasteiger partial charge is 0.365 e. The van der Waals surface area contributed by atoms with E-state index in [-0.39, 0.29) is 11.5 Å². The van der Waals surface area contributed by atoms with Gasteiger partial charge in [0, 0.05) is 22.8 Å². The number of Topliss-reactive ketones (excluding diaryl/α,β-unsaturated/α-hetero) is 1. The highest BCUT2D eigenvalue weighted by molar-refractivity contribution is 6.53. The number of carbonyl (C=O) groups is 2. The van der Waals surface area contributed by atoms with Gasteiger partial charge in [-0.1, -0.05) is 65.8 Å². The summed E-state index contributed by atoms with van der Waals surface area (Å²) in [5.74, 6) is -1.03. The maximum Gasteiger partial charge on any atom is 0.365 e. The van der Waals surface area contributed by atoms with Crippen molar-refractivity contribution in [1.29, 1.82) is 5.26 Å². The summed E-state index contributed by atoms with van der Waals surface area (Å²) in [5, 5.41) is 14.0. The van der Waals surface area contributed by atoms with Gasteiger partial charge in [0.1, 0.15) is 0 Å². The molecule has 0 bridgehead atoms. The predicted molar refractivity (Wildman–Crippen MR) is 142 cm³/mol. The zero-order valence-electron chi connectivity index (χ0n) is 20.0. The molecule has 37 heavy (non-hydrogen) atoms. The Morgan fingerprint density at radius 1 is 0.811 bits per heavy atom. The number of aryl methyl sites for hydroxylation is 1. The zero-order chi connectivity index (χ0) is 25.8. The van der Waals surface area contributed by atoms with Crippen LogP contribution in [0.5, 0.6) is 0 Å². The molecule has 5 rings (SSSR count). The van der Waals surface area contributed by atoms with Gasteiger partial charge in [-0.3, -0.25) is 4.79 Å². The van der Waals surface area contributed by atoms with Crippen LogP contribution in [0.3, 0.4) is 0 Å². The second kappa shape index (κ2) is 10.1. The van der Waals surface area contributed by atoms with E-state index in [0.29, 0.717) is 22.3 Å². The van der Waals surface area contributed by atoms with Crippen LogP contribution in [-0.2, 0) is 4.84 Å². The van der Waals surface area contributed by atoms with Gasteiger partial charge in [-0.25, -0.2) is 4.79 Å². The third-order valence-corrected chi connectivity index (χ3v) is 6.08. The van der Waals surface area contributed by atoms with Gasteiger partial charge in [0.2, 0.25) is 5.78 Å².